The van der Waals surface area contributed by atoms with Crippen molar-refractivity contribution in [3.63, 3.8) is 0 Å². The lowest BCUT2D eigenvalue weighted by Crippen LogP contribution is -2.13. The predicted molar refractivity (Wildman–Crippen MR) is 89.8 cm³/mol. The van der Waals surface area contributed by atoms with E-state index >= 15 is 0 Å². The van der Waals surface area contributed by atoms with E-state index in [4.69, 9.17) is 0 Å². The van der Waals surface area contributed by atoms with Gasteiger partial charge in [0, 0.05) is 0 Å². The topological polar surface area (TPSA) is 0 Å². The minimum Gasteiger partial charge on any atom is -0.103 e. The van der Waals surface area contributed by atoms with Crippen molar-refractivity contribution in [2.75, 3.05) is 0 Å². The summed E-state index contributed by atoms with van der Waals surface area (Å²) in [6, 6.07) is 0. The summed E-state index contributed by atoms with van der Waals surface area (Å²) in [5, 5.41) is 0. The van der Waals surface area contributed by atoms with Crippen LogP contribution < -0.4 is 0 Å². The van der Waals surface area contributed by atoms with Crippen molar-refractivity contribution >= 4 is 0 Å². The van der Waals surface area contributed by atoms with Crippen molar-refractivity contribution in [3.8, 4) is 0 Å². The van der Waals surface area contributed by atoms with Crippen LogP contribution in [0.2, 0.25) is 0 Å². The van der Waals surface area contributed by atoms with E-state index in [1.54, 1.807) is 0 Å². The largest absolute Gasteiger partial charge is 0.103 e. The van der Waals surface area contributed by atoms with E-state index in [9.17, 15) is 0 Å². The lowest BCUT2D eigenvalue weighted by molar-refractivity contribution is 0.259. The van der Waals surface area contributed by atoms with Gasteiger partial charge in [-0.15, -0.1) is 6.58 Å². The number of rotatable bonds is 6. The van der Waals surface area contributed by atoms with E-state index in [0.717, 1.165) is 23.7 Å². The van der Waals surface area contributed by atoms with Crippen LogP contribution in [-0.4, -0.2) is 0 Å². The molecule has 0 amide bonds. The monoisotopic (exact) mass is 274 g/mol. The van der Waals surface area contributed by atoms with Gasteiger partial charge >= 0.3 is 0 Å². The smallest absolute Gasteiger partial charge is 0.0233 e. The van der Waals surface area contributed by atoms with Gasteiger partial charge in [-0.05, 0) is 62.2 Å². The van der Waals surface area contributed by atoms with Crippen molar-refractivity contribution in [2.45, 2.75) is 77.6 Å². The van der Waals surface area contributed by atoms with Gasteiger partial charge < -0.3 is 0 Å². The normalized spacial score (nSPS) is 35.2. The summed E-state index contributed by atoms with van der Waals surface area (Å²) in [4.78, 5) is 0. The zero-order valence-corrected chi connectivity index (χ0v) is 13.5. The molecule has 0 bridgehead atoms. The highest BCUT2D eigenvalue weighted by molar-refractivity contribution is 4.94. The fraction of sp³-hybridized carbons (Fsp3) is 0.800. The minimum absolute atomic E-state index is 0.799. The Kier molecular flexibility index (Phi) is 6.90. The fourth-order valence-electron chi connectivity index (χ4n) is 4.12. The van der Waals surface area contributed by atoms with E-state index in [1.807, 2.05) is 0 Å². The van der Waals surface area contributed by atoms with Crippen molar-refractivity contribution < 1.29 is 0 Å². The molecule has 20 heavy (non-hydrogen) atoms. The molecule has 114 valence electrons. The predicted octanol–water partition coefficient (Wildman–Crippen LogP) is 6.53. The SMILES string of the molecule is C=C[C@H]1CC[C@H](/C=C/CC[C@H]2CC[C@H](CC)CC2)CC1. The zero-order chi connectivity index (χ0) is 14.2. The number of hydrogen-bond donors (Lipinski definition) is 0. The molecule has 0 aromatic carbocycles. The summed E-state index contributed by atoms with van der Waals surface area (Å²) in [7, 11) is 0. The minimum atomic E-state index is 0.799. The van der Waals surface area contributed by atoms with Crippen LogP contribution in [0.25, 0.3) is 0 Å². The first kappa shape index (κ1) is 15.9. The van der Waals surface area contributed by atoms with Crippen LogP contribution in [0.3, 0.4) is 0 Å². The molecule has 0 heterocycles. The van der Waals surface area contributed by atoms with Gasteiger partial charge in [-0.25, -0.2) is 0 Å². The van der Waals surface area contributed by atoms with Crippen LogP contribution in [0.1, 0.15) is 77.6 Å². The molecule has 0 unspecified atom stereocenters. The second kappa shape index (κ2) is 8.70. The Hall–Kier alpha value is -0.520. The molecule has 0 atom stereocenters. The number of allylic oxidation sites excluding steroid dienone is 3. The molecule has 0 spiro atoms. The van der Waals surface area contributed by atoms with Crippen molar-refractivity contribution in [3.05, 3.63) is 24.8 Å². The van der Waals surface area contributed by atoms with Crippen LogP contribution in [0.4, 0.5) is 0 Å². The Bertz CT molecular complexity index is 285. The summed E-state index contributed by atoms with van der Waals surface area (Å²) >= 11 is 0. The average Bonchev–Trinajstić information content (AvgIpc) is 2.53. The summed E-state index contributed by atoms with van der Waals surface area (Å²) < 4.78 is 0. The van der Waals surface area contributed by atoms with Crippen LogP contribution in [0.5, 0.6) is 0 Å². The molecule has 2 rings (SSSR count). The van der Waals surface area contributed by atoms with Gasteiger partial charge in [-0.1, -0.05) is 57.3 Å². The highest BCUT2D eigenvalue weighted by Gasteiger charge is 2.19. The summed E-state index contributed by atoms with van der Waals surface area (Å²) in [5.41, 5.74) is 0. The third-order valence-corrected chi connectivity index (χ3v) is 5.84. The summed E-state index contributed by atoms with van der Waals surface area (Å²) in [5.74, 6) is 3.73. The highest BCUT2D eigenvalue weighted by Crippen LogP contribution is 2.33. The molecule has 0 aromatic heterocycles. The average molecular weight is 274 g/mol. The molecule has 2 saturated carbocycles. The molecule has 0 saturated heterocycles. The first-order valence-corrected chi connectivity index (χ1v) is 9.11. The molecule has 0 N–H and O–H groups in total. The van der Waals surface area contributed by atoms with Crippen molar-refractivity contribution in [1.29, 1.82) is 0 Å². The molecular formula is C20H34. The standard InChI is InChI=1S/C20H34/c1-3-17-9-13-19(14-10-17)7-5-6-8-20-15-11-18(4-2)12-16-20/h3,5,7,17-20H,1,4,6,8-16H2,2H3/b7-5+/t17-,18-,19-,20-. The molecule has 0 nitrogen and oxygen atoms in total. The van der Waals surface area contributed by atoms with Gasteiger partial charge in [-0.3, -0.25) is 0 Å². The van der Waals surface area contributed by atoms with E-state index in [0.29, 0.717) is 0 Å². The van der Waals surface area contributed by atoms with Gasteiger partial charge in [0.1, 0.15) is 0 Å². The first-order chi connectivity index (χ1) is 9.81. The number of hydrogen-bond acceptors (Lipinski definition) is 0. The Balaban J connectivity index is 1.57. The van der Waals surface area contributed by atoms with E-state index in [1.165, 1.54) is 70.6 Å². The first-order valence-electron chi connectivity index (χ1n) is 9.11. The molecule has 0 aromatic rings. The Labute approximate surface area is 126 Å². The van der Waals surface area contributed by atoms with Crippen molar-refractivity contribution in [2.24, 2.45) is 23.7 Å². The van der Waals surface area contributed by atoms with E-state index < -0.39 is 0 Å². The van der Waals surface area contributed by atoms with Crippen LogP contribution in [0.15, 0.2) is 24.8 Å². The van der Waals surface area contributed by atoms with Crippen LogP contribution in [0, 0.1) is 23.7 Å². The van der Waals surface area contributed by atoms with Gasteiger partial charge in [0.2, 0.25) is 0 Å². The third-order valence-electron chi connectivity index (χ3n) is 5.84. The quantitative estimate of drug-likeness (QED) is 0.483. The van der Waals surface area contributed by atoms with Crippen molar-refractivity contribution in [1.82, 2.24) is 0 Å². The Morgan fingerprint density at radius 2 is 1.45 bits per heavy atom. The van der Waals surface area contributed by atoms with Crippen LogP contribution in [-0.2, 0) is 0 Å². The second-order valence-corrected chi connectivity index (χ2v) is 7.21. The maximum absolute atomic E-state index is 3.93. The molecule has 0 aliphatic heterocycles. The van der Waals surface area contributed by atoms with Gasteiger partial charge in [0.05, 0.1) is 0 Å². The zero-order valence-electron chi connectivity index (χ0n) is 13.5. The molecular weight excluding hydrogens is 240 g/mol. The van der Waals surface area contributed by atoms with Gasteiger partial charge in [-0.2, -0.15) is 0 Å². The molecule has 0 radical (unpaired) electrons. The second-order valence-electron chi connectivity index (χ2n) is 7.21. The lowest BCUT2D eigenvalue weighted by Gasteiger charge is -2.27. The summed E-state index contributed by atoms with van der Waals surface area (Å²) in [6.45, 7) is 6.29. The highest BCUT2D eigenvalue weighted by atomic mass is 14.2. The van der Waals surface area contributed by atoms with E-state index in [2.05, 4.69) is 31.7 Å². The maximum atomic E-state index is 3.93. The lowest BCUT2D eigenvalue weighted by atomic mass is 9.79. The van der Waals surface area contributed by atoms with Gasteiger partial charge in [0.15, 0.2) is 0 Å². The summed E-state index contributed by atoms with van der Waals surface area (Å²) in [6.07, 6.45) is 22.8. The van der Waals surface area contributed by atoms with Crippen LogP contribution >= 0.6 is 0 Å². The molecule has 2 aliphatic carbocycles. The molecule has 2 aliphatic rings. The van der Waals surface area contributed by atoms with E-state index in [-0.39, 0.29) is 0 Å². The molecule has 0 heteroatoms. The fourth-order valence-corrected chi connectivity index (χ4v) is 4.12. The third kappa shape index (κ3) is 5.11. The van der Waals surface area contributed by atoms with Gasteiger partial charge in [0.25, 0.3) is 0 Å². The Morgan fingerprint density at radius 1 is 0.850 bits per heavy atom. The Morgan fingerprint density at radius 3 is 2.05 bits per heavy atom. The molecule has 2 fully saturated rings. The maximum Gasteiger partial charge on any atom is -0.0233 e.